The van der Waals surface area contributed by atoms with E-state index in [0.29, 0.717) is 31.0 Å². The van der Waals surface area contributed by atoms with Crippen molar-refractivity contribution in [2.75, 3.05) is 10.6 Å². The molecule has 126 valence electrons. The summed E-state index contributed by atoms with van der Waals surface area (Å²) in [6.07, 6.45) is 1.12. The van der Waals surface area contributed by atoms with Crippen molar-refractivity contribution < 1.29 is 4.79 Å². The molecule has 0 saturated heterocycles. The SMILES string of the molecule is O=C(CCc1ccccc1)Nc1ccc(NCc2ccccc2)nn1. The van der Waals surface area contributed by atoms with Crippen molar-refractivity contribution in [2.24, 2.45) is 0 Å². The Bertz CT molecular complexity index is 789. The maximum atomic E-state index is 12.0. The van der Waals surface area contributed by atoms with Gasteiger partial charge in [0.05, 0.1) is 0 Å². The molecule has 5 nitrogen and oxygen atoms in total. The van der Waals surface area contributed by atoms with Gasteiger partial charge in [-0.1, -0.05) is 60.7 Å². The third-order valence-electron chi connectivity index (χ3n) is 3.73. The third-order valence-corrected chi connectivity index (χ3v) is 3.73. The summed E-state index contributed by atoms with van der Waals surface area (Å²) in [5.41, 5.74) is 2.31. The monoisotopic (exact) mass is 332 g/mol. The molecule has 0 aliphatic heterocycles. The molecule has 25 heavy (non-hydrogen) atoms. The van der Waals surface area contributed by atoms with E-state index in [1.54, 1.807) is 6.07 Å². The third kappa shape index (κ3) is 5.42. The topological polar surface area (TPSA) is 66.9 Å². The lowest BCUT2D eigenvalue weighted by atomic mass is 10.1. The highest BCUT2D eigenvalue weighted by Crippen LogP contribution is 2.09. The number of carbonyl (C=O) groups is 1. The van der Waals surface area contributed by atoms with E-state index in [-0.39, 0.29) is 5.91 Å². The molecule has 0 aliphatic rings. The molecule has 1 heterocycles. The minimum absolute atomic E-state index is 0.0665. The molecule has 0 saturated carbocycles. The van der Waals surface area contributed by atoms with E-state index in [0.717, 1.165) is 5.56 Å². The van der Waals surface area contributed by atoms with Crippen molar-refractivity contribution >= 4 is 17.5 Å². The zero-order valence-corrected chi connectivity index (χ0v) is 13.9. The Hall–Kier alpha value is -3.21. The minimum atomic E-state index is -0.0665. The van der Waals surface area contributed by atoms with Crippen LogP contribution < -0.4 is 10.6 Å². The van der Waals surface area contributed by atoms with Crippen molar-refractivity contribution in [3.8, 4) is 0 Å². The van der Waals surface area contributed by atoms with Gasteiger partial charge in [-0.25, -0.2) is 0 Å². The van der Waals surface area contributed by atoms with E-state index >= 15 is 0 Å². The summed E-state index contributed by atoms with van der Waals surface area (Å²) < 4.78 is 0. The summed E-state index contributed by atoms with van der Waals surface area (Å²) in [6, 6.07) is 23.6. The average molecular weight is 332 g/mol. The van der Waals surface area contributed by atoms with Crippen LogP contribution in [0.3, 0.4) is 0 Å². The normalized spacial score (nSPS) is 10.2. The van der Waals surface area contributed by atoms with Gasteiger partial charge in [0.1, 0.15) is 5.82 Å². The highest BCUT2D eigenvalue weighted by Gasteiger charge is 2.05. The van der Waals surface area contributed by atoms with E-state index in [2.05, 4.69) is 20.8 Å². The quantitative estimate of drug-likeness (QED) is 0.693. The van der Waals surface area contributed by atoms with Crippen molar-refractivity contribution in [1.82, 2.24) is 10.2 Å². The lowest BCUT2D eigenvalue weighted by Gasteiger charge is -2.07. The molecule has 0 atom stereocenters. The minimum Gasteiger partial charge on any atom is -0.365 e. The number of rotatable bonds is 7. The lowest BCUT2D eigenvalue weighted by Crippen LogP contribution is -2.14. The van der Waals surface area contributed by atoms with Gasteiger partial charge in [-0.3, -0.25) is 4.79 Å². The predicted molar refractivity (Wildman–Crippen MR) is 99.2 cm³/mol. The predicted octanol–water partition coefficient (Wildman–Crippen LogP) is 3.66. The molecule has 0 aliphatic carbocycles. The number of nitrogens with one attached hydrogen (secondary N) is 2. The van der Waals surface area contributed by atoms with Crippen LogP contribution in [0, 0.1) is 0 Å². The Kier molecular flexibility index (Phi) is 5.72. The van der Waals surface area contributed by atoms with Gasteiger partial charge in [0.2, 0.25) is 5.91 Å². The molecule has 2 N–H and O–H groups in total. The van der Waals surface area contributed by atoms with Crippen LogP contribution in [0.25, 0.3) is 0 Å². The summed E-state index contributed by atoms with van der Waals surface area (Å²) in [5, 5.41) is 14.1. The van der Waals surface area contributed by atoms with Crippen LogP contribution in [0.5, 0.6) is 0 Å². The lowest BCUT2D eigenvalue weighted by molar-refractivity contribution is -0.116. The second kappa shape index (κ2) is 8.59. The largest absolute Gasteiger partial charge is 0.365 e. The molecule has 0 bridgehead atoms. The maximum absolute atomic E-state index is 12.0. The van der Waals surface area contributed by atoms with Crippen LogP contribution in [0.4, 0.5) is 11.6 Å². The molecular weight excluding hydrogens is 312 g/mol. The van der Waals surface area contributed by atoms with Crippen molar-refractivity contribution in [3.05, 3.63) is 83.9 Å². The first-order chi connectivity index (χ1) is 12.3. The molecule has 1 amide bonds. The van der Waals surface area contributed by atoms with Crippen LogP contribution in [-0.4, -0.2) is 16.1 Å². The Morgan fingerprint density at radius 3 is 2.00 bits per heavy atom. The Morgan fingerprint density at radius 1 is 0.760 bits per heavy atom. The molecular formula is C20H20N4O. The molecule has 0 unspecified atom stereocenters. The zero-order valence-electron chi connectivity index (χ0n) is 13.9. The number of aromatic nitrogens is 2. The second-order valence-electron chi connectivity index (χ2n) is 5.68. The second-order valence-corrected chi connectivity index (χ2v) is 5.68. The highest BCUT2D eigenvalue weighted by molar-refractivity contribution is 5.89. The molecule has 3 rings (SSSR count). The average Bonchev–Trinajstić information content (AvgIpc) is 2.67. The first-order valence-corrected chi connectivity index (χ1v) is 8.25. The number of nitrogens with zero attached hydrogens (tertiary/aromatic N) is 2. The number of amides is 1. The summed E-state index contributed by atoms with van der Waals surface area (Å²) in [6.45, 7) is 0.679. The van der Waals surface area contributed by atoms with Crippen LogP contribution >= 0.6 is 0 Å². The molecule has 5 heteroatoms. The number of aryl methyl sites for hydroxylation is 1. The first-order valence-electron chi connectivity index (χ1n) is 8.25. The van der Waals surface area contributed by atoms with Crippen LogP contribution in [0.2, 0.25) is 0 Å². The van der Waals surface area contributed by atoms with Gasteiger partial charge in [-0.2, -0.15) is 0 Å². The van der Waals surface area contributed by atoms with Crippen molar-refractivity contribution in [3.63, 3.8) is 0 Å². The smallest absolute Gasteiger partial charge is 0.225 e. The van der Waals surface area contributed by atoms with E-state index in [1.807, 2.05) is 66.7 Å². The summed E-state index contributed by atoms with van der Waals surface area (Å²) in [7, 11) is 0. The summed E-state index contributed by atoms with van der Waals surface area (Å²) in [4.78, 5) is 12.0. The molecule has 0 radical (unpaired) electrons. The molecule has 0 spiro atoms. The summed E-state index contributed by atoms with van der Waals surface area (Å²) in [5.74, 6) is 1.07. The standard InChI is InChI=1S/C20H20N4O/c25-20(14-11-16-7-3-1-4-8-16)22-19-13-12-18(23-24-19)21-15-17-9-5-2-6-10-17/h1-10,12-13H,11,14-15H2,(H,21,23)(H,22,24,25). The fourth-order valence-electron chi connectivity index (χ4n) is 2.39. The molecule has 0 fully saturated rings. The number of benzene rings is 2. The van der Waals surface area contributed by atoms with Crippen LogP contribution in [-0.2, 0) is 17.8 Å². The van der Waals surface area contributed by atoms with Gasteiger partial charge in [0.15, 0.2) is 5.82 Å². The Balaban J connectivity index is 1.46. The Labute approximate surface area is 147 Å². The molecule has 2 aromatic carbocycles. The van der Waals surface area contributed by atoms with Crippen LogP contribution in [0.15, 0.2) is 72.8 Å². The summed E-state index contributed by atoms with van der Waals surface area (Å²) >= 11 is 0. The van der Waals surface area contributed by atoms with E-state index in [4.69, 9.17) is 0 Å². The van der Waals surface area contributed by atoms with Crippen LogP contribution in [0.1, 0.15) is 17.5 Å². The number of hydrogen-bond donors (Lipinski definition) is 2. The first kappa shape index (κ1) is 16.6. The number of carbonyl (C=O) groups excluding carboxylic acids is 1. The fourth-order valence-corrected chi connectivity index (χ4v) is 2.39. The number of hydrogen-bond acceptors (Lipinski definition) is 4. The van der Waals surface area contributed by atoms with Crippen molar-refractivity contribution in [1.29, 1.82) is 0 Å². The van der Waals surface area contributed by atoms with Gasteiger partial charge in [-0.15, -0.1) is 10.2 Å². The van der Waals surface area contributed by atoms with Gasteiger partial charge in [-0.05, 0) is 29.7 Å². The fraction of sp³-hybridized carbons (Fsp3) is 0.150. The highest BCUT2D eigenvalue weighted by atomic mass is 16.1. The van der Waals surface area contributed by atoms with Gasteiger partial charge in [0.25, 0.3) is 0 Å². The Morgan fingerprint density at radius 2 is 1.36 bits per heavy atom. The van der Waals surface area contributed by atoms with Crippen molar-refractivity contribution in [2.45, 2.75) is 19.4 Å². The van der Waals surface area contributed by atoms with E-state index in [9.17, 15) is 4.79 Å². The zero-order chi connectivity index (χ0) is 17.3. The van der Waals surface area contributed by atoms with E-state index in [1.165, 1.54) is 5.56 Å². The van der Waals surface area contributed by atoms with Gasteiger partial charge >= 0.3 is 0 Å². The van der Waals surface area contributed by atoms with Gasteiger partial charge in [0, 0.05) is 13.0 Å². The number of anilines is 2. The molecule has 1 aromatic heterocycles. The van der Waals surface area contributed by atoms with Gasteiger partial charge < -0.3 is 10.6 Å². The van der Waals surface area contributed by atoms with E-state index < -0.39 is 0 Å². The maximum Gasteiger partial charge on any atom is 0.225 e. The molecule has 3 aromatic rings.